The Morgan fingerprint density at radius 3 is 2.57 bits per heavy atom. The van der Waals surface area contributed by atoms with E-state index < -0.39 is 10.0 Å². The Bertz CT molecular complexity index is 943. The number of carbonyl (C=O) groups excluding carboxylic acids is 1. The first-order valence-electron chi connectivity index (χ1n) is 9.30. The fraction of sp³-hybridized carbons (Fsp3) is 0.350. The van der Waals surface area contributed by atoms with Gasteiger partial charge < -0.3 is 10.2 Å². The van der Waals surface area contributed by atoms with Crippen molar-refractivity contribution in [1.29, 1.82) is 0 Å². The van der Waals surface area contributed by atoms with Crippen LogP contribution in [0.1, 0.15) is 18.4 Å². The van der Waals surface area contributed by atoms with Crippen LogP contribution in [-0.4, -0.2) is 45.3 Å². The first-order valence-corrected chi connectivity index (χ1v) is 11.1. The Balaban J connectivity index is 1.61. The van der Waals surface area contributed by atoms with Crippen molar-refractivity contribution in [3.63, 3.8) is 0 Å². The lowest BCUT2D eigenvalue weighted by molar-refractivity contribution is -0.885. The van der Waals surface area contributed by atoms with Crippen molar-refractivity contribution in [1.82, 2.24) is 4.31 Å². The van der Waals surface area contributed by atoms with Crippen LogP contribution in [0.15, 0.2) is 53.4 Å². The zero-order valence-corrected chi connectivity index (χ0v) is 17.4. The highest BCUT2D eigenvalue weighted by Gasteiger charge is 2.27. The predicted molar refractivity (Wildman–Crippen MR) is 110 cm³/mol. The fourth-order valence-corrected chi connectivity index (χ4v) is 5.13. The lowest BCUT2D eigenvalue weighted by Crippen LogP contribution is -3.08. The molecule has 28 heavy (non-hydrogen) atoms. The van der Waals surface area contributed by atoms with Gasteiger partial charge in [0.1, 0.15) is 6.54 Å². The lowest BCUT2D eigenvalue weighted by atomic mass is 10.2. The summed E-state index contributed by atoms with van der Waals surface area (Å²) in [6.45, 7) is 2.03. The van der Waals surface area contributed by atoms with Gasteiger partial charge in [-0.2, -0.15) is 4.31 Å². The molecule has 1 fully saturated rings. The number of benzene rings is 2. The number of quaternary nitrogens is 1. The van der Waals surface area contributed by atoms with Crippen molar-refractivity contribution < 1.29 is 18.1 Å². The third-order valence-corrected chi connectivity index (χ3v) is 6.81. The number of hydrogen-bond donors (Lipinski definition) is 2. The van der Waals surface area contributed by atoms with Gasteiger partial charge in [0.25, 0.3) is 5.91 Å². The van der Waals surface area contributed by atoms with Crippen molar-refractivity contribution in [3.05, 3.63) is 59.1 Å². The van der Waals surface area contributed by atoms with E-state index in [1.165, 1.54) is 10.4 Å². The molecule has 6 nitrogen and oxygen atoms in total. The van der Waals surface area contributed by atoms with Gasteiger partial charge in [0.2, 0.25) is 10.0 Å². The normalized spacial score (nSPS) is 16.1. The van der Waals surface area contributed by atoms with Crippen molar-refractivity contribution in [2.75, 3.05) is 32.0 Å². The van der Waals surface area contributed by atoms with Crippen LogP contribution >= 0.6 is 11.6 Å². The van der Waals surface area contributed by atoms with Crippen molar-refractivity contribution in [3.8, 4) is 0 Å². The Labute approximate surface area is 171 Å². The van der Waals surface area contributed by atoms with Crippen LogP contribution in [0.3, 0.4) is 0 Å². The molecule has 0 radical (unpaired) electrons. The third-order valence-electron chi connectivity index (χ3n) is 4.68. The minimum absolute atomic E-state index is 0.171. The van der Waals surface area contributed by atoms with Crippen molar-refractivity contribution in [2.45, 2.75) is 24.3 Å². The number of amides is 1. The maximum Gasteiger partial charge on any atom is 0.279 e. The average molecular weight is 423 g/mol. The molecule has 1 amide bonds. The number of hydrogen-bond acceptors (Lipinski definition) is 3. The number of carbonyl (C=O) groups is 1. The molecule has 1 unspecified atom stereocenters. The van der Waals surface area contributed by atoms with Crippen LogP contribution in [-0.2, 0) is 21.4 Å². The van der Waals surface area contributed by atoms with E-state index in [2.05, 4.69) is 5.32 Å². The standard InChI is InChI=1S/C20H24ClN3O3S/c1-23(14-16-6-4-7-17(21)12-16)15-20(25)22-18-8-5-9-19(13-18)28(26,27)24-10-2-3-11-24/h4-9,12-13H,2-3,10-11,14-15H2,1H3,(H,22,25)/p+1. The molecule has 3 rings (SSSR count). The number of nitrogens with zero attached hydrogens (tertiary/aromatic N) is 1. The van der Waals surface area contributed by atoms with Gasteiger partial charge >= 0.3 is 0 Å². The van der Waals surface area contributed by atoms with E-state index in [0.29, 0.717) is 30.3 Å². The van der Waals surface area contributed by atoms with Gasteiger partial charge in [-0.15, -0.1) is 0 Å². The highest BCUT2D eigenvalue weighted by atomic mass is 35.5. The summed E-state index contributed by atoms with van der Waals surface area (Å²) in [5.41, 5.74) is 1.54. The first-order chi connectivity index (χ1) is 13.3. The molecule has 0 aliphatic carbocycles. The summed E-state index contributed by atoms with van der Waals surface area (Å²) >= 11 is 6.00. The Morgan fingerprint density at radius 1 is 1.14 bits per heavy atom. The minimum Gasteiger partial charge on any atom is -0.326 e. The Kier molecular flexibility index (Phi) is 6.72. The summed E-state index contributed by atoms with van der Waals surface area (Å²) in [6.07, 6.45) is 1.77. The number of halogens is 1. The van der Waals surface area contributed by atoms with Crippen LogP contribution in [0.2, 0.25) is 5.02 Å². The van der Waals surface area contributed by atoms with E-state index in [9.17, 15) is 13.2 Å². The molecule has 150 valence electrons. The van der Waals surface area contributed by atoms with Gasteiger partial charge in [0.15, 0.2) is 6.54 Å². The second-order valence-corrected chi connectivity index (χ2v) is 9.50. The summed E-state index contributed by atoms with van der Waals surface area (Å²) in [5.74, 6) is -0.171. The monoisotopic (exact) mass is 422 g/mol. The van der Waals surface area contributed by atoms with Crippen LogP contribution in [0.25, 0.3) is 0 Å². The molecule has 0 aromatic heterocycles. The van der Waals surface area contributed by atoms with Crippen LogP contribution in [0, 0.1) is 0 Å². The lowest BCUT2D eigenvalue weighted by Gasteiger charge is -2.17. The number of anilines is 1. The first kappa shape index (κ1) is 20.8. The molecule has 1 aliphatic rings. The topological polar surface area (TPSA) is 70.9 Å². The number of sulfonamides is 1. The maximum absolute atomic E-state index is 12.7. The summed E-state index contributed by atoms with van der Waals surface area (Å²) in [5, 5.41) is 3.48. The molecular weight excluding hydrogens is 398 g/mol. The Morgan fingerprint density at radius 2 is 1.86 bits per heavy atom. The van der Waals surface area contributed by atoms with E-state index in [-0.39, 0.29) is 17.3 Å². The second kappa shape index (κ2) is 9.05. The molecule has 1 aliphatic heterocycles. The molecule has 1 atom stereocenters. The van der Waals surface area contributed by atoms with E-state index in [0.717, 1.165) is 23.3 Å². The smallest absolute Gasteiger partial charge is 0.279 e. The van der Waals surface area contributed by atoms with Gasteiger partial charge in [-0.1, -0.05) is 29.8 Å². The third kappa shape index (κ3) is 5.32. The van der Waals surface area contributed by atoms with Gasteiger partial charge in [0.05, 0.1) is 11.9 Å². The van der Waals surface area contributed by atoms with E-state index in [1.807, 2.05) is 31.3 Å². The molecule has 0 bridgehead atoms. The van der Waals surface area contributed by atoms with Crippen LogP contribution < -0.4 is 10.2 Å². The molecule has 2 aromatic carbocycles. The SMILES string of the molecule is C[NH+](CC(=O)Nc1cccc(S(=O)(=O)N2CCCC2)c1)Cc1cccc(Cl)c1. The molecule has 1 heterocycles. The molecule has 0 saturated carbocycles. The van der Waals surface area contributed by atoms with Gasteiger partial charge in [-0.25, -0.2) is 8.42 Å². The molecule has 0 spiro atoms. The number of likely N-dealkylation sites (N-methyl/N-ethyl adjacent to an activating group) is 1. The summed E-state index contributed by atoms with van der Waals surface area (Å²) in [4.78, 5) is 13.6. The second-order valence-electron chi connectivity index (χ2n) is 7.13. The van der Waals surface area contributed by atoms with E-state index in [1.54, 1.807) is 18.2 Å². The predicted octanol–water partition coefficient (Wildman–Crippen LogP) is 1.78. The molecule has 1 saturated heterocycles. The van der Waals surface area contributed by atoms with E-state index >= 15 is 0 Å². The van der Waals surface area contributed by atoms with Crippen molar-refractivity contribution >= 4 is 33.2 Å². The fourth-order valence-electron chi connectivity index (χ4n) is 3.35. The molecule has 2 N–H and O–H groups in total. The van der Waals surface area contributed by atoms with Crippen molar-refractivity contribution in [2.24, 2.45) is 0 Å². The number of nitrogens with one attached hydrogen (secondary N) is 2. The van der Waals surface area contributed by atoms with E-state index in [4.69, 9.17) is 11.6 Å². The summed E-state index contributed by atoms with van der Waals surface area (Å²) in [7, 11) is -1.58. The van der Waals surface area contributed by atoms with Gasteiger partial charge in [-0.05, 0) is 43.2 Å². The molecule has 2 aromatic rings. The largest absolute Gasteiger partial charge is 0.326 e. The van der Waals surface area contributed by atoms with Crippen LogP contribution in [0.5, 0.6) is 0 Å². The number of rotatable bonds is 7. The zero-order valence-electron chi connectivity index (χ0n) is 15.8. The maximum atomic E-state index is 12.7. The van der Waals surface area contributed by atoms with Gasteiger partial charge in [-0.3, -0.25) is 4.79 Å². The molecule has 8 heteroatoms. The van der Waals surface area contributed by atoms with Gasteiger partial charge in [0, 0.05) is 29.4 Å². The highest BCUT2D eigenvalue weighted by Crippen LogP contribution is 2.23. The zero-order chi connectivity index (χ0) is 20.1. The Hall–Kier alpha value is -1.93. The highest BCUT2D eigenvalue weighted by molar-refractivity contribution is 7.89. The minimum atomic E-state index is -3.50. The summed E-state index contributed by atoms with van der Waals surface area (Å²) < 4.78 is 26.9. The van der Waals surface area contributed by atoms with Crippen LogP contribution in [0.4, 0.5) is 5.69 Å². The average Bonchev–Trinajstić information content (AvgIpc) is 3.17. The molecular formula is C20H25ClN3O3S+. The summed E-state index contributed by atoms with van der Waals surface area (Å²) in [6, 6.07) is 14.0. The quantitative estimate of drug-likeness (QED) is 0.714.